The summed E-state index contributed by atoms with van der Waals surface area (Å²) in [6.45, 7) is 2.20. The van der Waals surface area contributed by atoms with Crippen LogP contribution in [-0.4, -0.2) is 43.8 Å². The van der Waals surface area contributed by atoms with E-state index in [4.69, 9.17) is 16.2 Å². The molecular formula is C18H24N4O. The third-order valence-electron chi connectivity index (χ3n) is 4.42. The van der Waals surface area contributed by atoms with Crippen molar-refractivity contribution in [3.05, 3.63) is 59.7 Å². The van der Waals surface area contributed by atoms with E-state index >= 15 is 0 Å². The van der Waals surface area contributed by atoms with Gasteiger partial charge in [0, 0.05) is 37.6 Å². The lowest BCUT2D eigenvalue weighted by atomic mass is 9.83. The van der Waals surface area contributed by atoms with E-state index in [1.807, 2.05) is 44.4 Å². The number of rotatable bonds is 3. The van der Waals surface area contributed by atoms with E-state index in [-0.39, 0.29) is 0 Å². The van der Waals surface area contributed by atoms with Crippen molar-refractivity contribution in [2.45, 2.75) is 5.60 Å². The lowest BCUT2D eigenvalue weighted by Crippen LogP contribution is -2.54. The first-order chi connectivity index (χ1) is 11.0. The SMILES string of the molecule is CN(C)N1CCOC(c2ccccc2)(c2ccc(N)cc2N)C1. The molecule has 0 amide bonds. The molecule has 2 aromatic rings. The van der Waals surface area contributed by atoms with Gasteiger partial charge in [0.2, 0.25) is 0 Å². The van der Waals surface area contributed by atoms with Crippen LogP contribution in [0.3, 0.4) is 0 Å². The fourth-order valence-corrected chi connectivity index (χ4v) is 3.20. The first-order valence-corrected chi connectivity index (χ1v) is 7.80. The number of anilines is 2. The lowest BCUT2D eigenvalue weighted by molar-refractivity contribution is -0.143. The molecule has 0 saturated carbocycles. The summed E-state index contributed by atoms with van der Waals surface area (Å²) in [7, 11) is 4.10. The van der Waals surface area contributed by atoms with Crippen LogP contribution in [0.5, 0.6) is 0 Å². The maximum absolute atomic E-state index is 6.35. The fourth-order valence-electron chi connectivity index (χ4n) is 3.20. The number of nitrogens with zero attached hydrogens (tertiary/aromatic N) is 2. The molecule has 1 aliphatic heterocycles. The summed E-state index contributed by atoms with van der Waals surface area (Å²) in [5.41, 5.74) is 15.0. The second-order valence-corrected chi connectivity index (χ2v) is 6.12. The van der Waals surface area contributed by atoms with Crippen LogP contribution in [0.25, 0.3) is 0 Å². The van der Waals surface area contributed by atoms with Gasteiger partial charge in [-0.2, -0.15) is 0 Å². The van der Waals surface area contributed by atoms with E-state index in [1.165, 1.54) is 0 Å². The second kappa shape index (κ2) is 6.20. The van der Waals surface area contributed by atoms with Crippen LogP contribution in [0.1, 0.15) is 11.1 Å². The van der Waals surface area contributed by atoms with Gasteiger partial charge in [-0.15, -0.1) is 0 Å². The summed E-state index contributed by atoms with van der Waals surface area (Å²) in [6.07, 6.45) is 0. The van der Waals surface area contributed by atoms with Gasteiger partial charge in [0.05, 0.1) is 13.2 Å². The normalized spacial score (nSPS) is 22.4. The van der Waals surface area contributed by atoms with E-state index in [0.29, 0.717) is 24.5 Å². The largest absolute Gasteiger partial charge is 0.399 e. The highest BCUT2D eigenvalue weighted by Crippen LogP contribution is 2.40. The standard InChI is InChI=1S/C18H24N4O/c1-21(2)22-10-11-23-18(13-22,14-6-4-3-5-7-14)16-9-8-15(19)12-17(16)20/h3-9,12H,10-11,13,19-20H2,1-2H3. The summed E-state index contributed by atoms with van der Waals surface area (Å²) in [6, 6.07) is 15.9. The van der Waals surface area contributed by atoms with Gasteiger partial charge in [-0.1, -0.05) is 36.4 Å². The minimum atomic E-state index is -0.596. The van der Waals surface area contributed by atoms with Crippen molar-refractivity contribution in [1.29, 1.82) is 0 Å². The molecule has 122 valence electrons. The number of ether oxygens (including phenoxy) is 1. The summed E-state index contributed by atoms with van der Waals surface area (Å²) in [4.78, 5) is 0. The highest BCUT2D eigenvalue weighted by Gasteiger charge is 2.42. The van der Waals surface area contributed by atoms with Crippen molar-refractivity contribution in [1.82, 2.24) is 10.0 Å². The zero-order chi connectivity index (χ0) is 16.4. The molecule has 1 unspecified atom stereocenters. The van der Waals surface area contributed by atoms with Gasteiger partial charge < -0.3 is 16.2 Å². The highest BCUT2D eigenvalue weighted by molar-refractivity contribution is 5.61. The van der Waals surface area contributed by atoms with Crippen molar-refractivity contribution in [3.63, 3.8) is 0 Å². The van der Waals surface area contributed by atoms with Gasteiger partial charge in [0.15, 0.2) is 0 Å². The van der Waals surface area contributed by atoms with Gasteiger partial charge in [-0.3, -0.25) is 0 Å². The van der Waals surface area contributed by atoms with Crippen LogP contribution >= 0.6 is 0 Å². The molecule has 4 N–H and O–H groups in total. The van der Waals surface area contributed by atoms with Crippen molar-refractivity contribution in [2.24, 2.45) is 0 Å². The van der Waals surface area contributed by atoms with E-state index in [9.17, 15) is 0 Å². The van der Waals surface area contributed by atoms with E-state index in [1.54, 1.807) is 6.07 Å². The van der Waals surface area contributed by atoms with Gasteiger partial charge in [-0.25, -0.2) is 10.0 Å². The first kappa shape index (κ1) is 15.8. The van der Waals surface area contributed by atoms with Crippen LogP contribution in [-0.2, 0) is 10.3 Å². The molecule has 5 heteroatoms. The van der Waals surface area contributed by atoms with E-state index < -0.39 is 5.60 Å². The Morgan fingerprint density at radius 3 is 2.48 bits per heavy atom. The zero-order valence-electron chi connectivity index (χ0n) is 13.7. The van der Waals surface area contributed by atoms with Gasteiger partial charge >= 0.3 is 0 Å². The Labute approximate surface area is 137 Å². The predicted molar refractivity (Wildman–Crippen MR) is 93.7 cm³/mol. The van der Waals surface area contributed by atoms with Crippen LogP contribution in [0.4, 0.5) is 11.4 Å². The lowest BCUT2D eigenvalue weighted by Gasteiger charge is -2.45. The molecule has 0 spiro atoms. The van der Waals surface area contributed by atoms with Gasteiger partial charge in [0.1, 0.15) is 5.60 Å². The number of benzene rings is 2. The van der Waals surface area contributed by atoms with Crippen LogP contribution in [0.15, 0.2) is 48.5 Å². The quantitative estimate of drug-likeness (QED) is 0.847. The van der Waals surface area contributed by atoms with Gasteiger partial charge in [0.25, 0.3) is 0 Å². The highest BCUT2D eigenvalue weighted by atomic mass is 16.5. The summed E-state index contributed by atoms with van der Waals surface area (Å²) in [5, 5.41) is 4.37. The monoisotopic (exact) mass is 312 g/mol. The molecule has 1 heterocycles. The molecule has 5 nitrogen and oxygen atoms in total. The number of hydrogen-bond donors (Lipinski definition) is 2. The average molecular weight is 312 g/mol. The van der Waals surface area contributed by atoms with Crippen molar-refractivity contribution >= 4 is 11.4 Å². The Bertz CT molecular complexity index is 674. The average Bonchev–Trinajstić information content (AvgIpc) is 2.55. The summed E-state index contributed by atoms with van der Waals surface area (Å²) in [5.74, 6) is 0. The third kappa shape index (κ3) is 2.91. The molecule has 1 saturated heterocycles. The molecule has 1 fully saturated rings. The summed E-state index contributed by atoms with van der Waals surface area (Å²) >= 11 is 0. The molecule has 1 atom stereocenters. The maximum Gasteiger partial charge on any atom is 0.134 e. The molecule has 0 aliphatic carbocycles. The minimum absolute atomic E-state index is 0.596. The Kier molecular flexibility index (Phi) is 4.26. The molecule has 3 rings (SSSR count). The smallest absolute Gasteiger partial charge is 0.134 e. The van der Waals surface area contributed by atoms with Crippen LogP contribution in [0.2, 0.25) is 0 Å². The molecular weight excluding hydrogens is 288 g/mol. The topological polar surface area (TPSA) is 67.8 Å². The molecule has 2 aromatic carbocycles. The number of hydrazine groups is 1. The molecule has 0 radical (unpaired) electrons. The predicted octanol–water partition coefficient (Wildman–Crippen LogP) is 1.90. The Morgan fingerprint density at radius 2 is 1.83 bits per heavy atom. The van der Waals surface area contributed by atoms with E-state index in [0.717, 1.165) is 17.7 Å². The van der Waals surface area contributed by atoms with Gasteiger partial charge in [-0.05, 0) is 17.7 Å². The summed E-state index contributed by atoms with van der Waals surface area (Å²) < 4.78 is 6.35. The molecule has 1 aliphatic rings. The molecule has 0 aromatic heterocycles. The fraction of sp³-hybridized carbons (Fsp3) is 0.333. The zero-order valence-corrected chi connectivity index (χ0v) is 13.7. The van der Waals surface area contributed by atoms with Crippen molar-refractivity contribution < 1.29 is 4.74 Å². The second-order valence-electron chi connectivity index (χ2n) is 6.12. The number of nitrogen functional groups attached to an aromatic ring is 2. The van der Waals surface area contributed by atoms with Crippen LogP contribution < -0.4 is 11.5 Å². The number of nitrogens with two attached hydrogens (primary N) is 2. The van der Waals surface area contributed by atoms with E-state index in [2.05, 4.69) is 22.2 Å². The Hall–Kier alpha value is -2.08. The first-order valence-electron chi connectivity index (χ1n) is 7.80. The number of hydrogen-bond acceptors (Lipinski definition) is 5. The molecule has 23 heavy (non-hydrogen) atoms. The maximum atomic E-state index is 6.35. The Morgan fingerprint density at radius 1 is 1.09 bits per heavy atom. The third-order valence-corrected chi connectivity index (χ3v) is 4.42. The Balaban J connectivity index is 2.14. The number of morpholine rings is 1. The van der Waals surface area contributed by atoms with Crippen LogP contribution in [0, 0.1) is 0 Å². The molecule has 0 bridgehead atoms. The van der Waals surface area contributed by atoms with Crippen molar-refractivity contribution in [2.75, 3.05) is 45.3 Å². The van der Waals surface area contributed by atoms with Crippen molar-refractivity contribution in [3.8, 4) is 0 Å². The minimum Gasteiger partial charge on any atom is -0.399 e.